The number of carbonyl (C=O) groups excluding carboxylic acids is 2. The van der Waals surface area contributed by atoms with E-state index in [0.717, 1.165) is 12.0 Å². The van der Waals surface area contributed by atoms with Crippen LogP contribution in [0.3, 0.4) is 0 Å². The number of hydrogen-bond donors (Lipinski definition) is 1. The van der Waals surface area contributed by atoms with Gasteiger partial charge < -0.3 is 5.32 Å². The molecular formula is C15H23NO2. The molecule has 1 rings (SSSR count). The largest absolute Gasteiger partial charge is 0.349 e. The Balaban J connectivity index is 0.00000137. The smallest absolute Gasteiger partial charge is 0.207 e. The summed E-state index contributed by atoms with van der Waals surface area (Å²) in [5, 5.41) is 2.59. The number of amides is 1. The Morgan fingerprint density at radius 1 is 1.28 bits per heavy atom. The van der Waals surface area contributed by atoms with Crippen LogP contribution in [-0.4, -0.2) is 18.2 Å². The number of benzene rings is 1. The van der Waals surface area contributed by atoms with Crippen molar-refractivity contribution in [3.63, 3.8) is 0 Å². The van der Waals surface area contributed by atoms with E-state index >= 15 is 0 Å². The average Bonchev–Trinajstić information content (AvgIpc) is 2.42. The fourth-order valence-corrected chi connectivity index (χ4v) is 1.62. The van der Waals surface area contributed by atoms with Crippen molar-refractivity contribution in [1.82, 2.24) is 5.32 Å². The topological polar surface area (TPSA) is 46.2 Å². The van der Waals surface area contributed by atoms with Crippen LogP contribution in [0.5, 0.6) is 0 Å². The van der Waals surface area contributed by atoms with Gasteiger partial charge in [0, 0.05) is 6.42 Å². The minimum atomic E-state index is -0.389. The number of rotatable bonds is 7. The van der Waals surface area contributed by atoms with Gasteiger partial charge in [0.1, 0.15) is 0 Å². The summed E-state index contributed by atoms with van der Waals surface area (Å²) < 4.78 is 0. The van der Waals surface area contributed by atoms with Gasteiger partial charge in [-0.15, -0.1) is 0 Å². The highest BCUT2D eigenvalue weighted by atomic mass is 16.1. The fourth-order valence-electron chi connectivity index (χ4n) is 1.62. The second-order valence-electron chi connectivity index (χ2n) is 3.74. The third-order valence-corrected chi connectivity index (χ3v) is 2.44. The maximum Gasteiger partial charge on any atom is 0.207 e. The summed E-state index contributed by atoms with van der Waals surface area (Å²) in [7, 11) is 0. The molecule has 1 aromatic carbocycles. The lowest BCUT2D eigenvalue weighted by molar-refractivity contribution is -0.123. The first kappa shape index (κ1) is 16.4. The Kier molecular flexibility index (Phi) is 9.55. The number of ketones is 1. The van der Waals surface area contributed by atoms with E-state index < -0.39 is 0 Å². The molecule has 0 aliphatic rings. The van der Waals surface area contributed by atoms with Crippen LogP contribution in [0.4, 0.5) is 0 Å². The summed E-state index contributed by atoms with van der Waals surface area (Å²) in [5.74, 6) is 0.0958. The molecule has 1 N–H and O–H groups in total. The van der Waals surface area contributed by atoms with Gasteiger partial charge in [-0.1, -0.05) is 51.1 Å². The lowest BCUT2D eigenvalue weighted by Gasteiger charge is -2.14. The molecule has 1 aromatic rings. The van der Waals surface area contributed by atoms with Gasteiger partial charge >= 0.3 is 0 Å². The zero-order valence-electron chi connectivity index (χ0n) is 11.5. The summed E-state index contributed by atoms with van der Waals surface area (Å²) in [6.07, 6.45) is 2.49. The van der Waals surface area contributed by atoms with E-state index in [1.165, 1.54) is 0 Å². The van der Waals surface area contributed by atoms with E-state index in [2.05, 4.69) is 5.32 Å². The van der Waals surface area contributed by atoms with Crippen LogP contribution in [0.1, 0.15) is 39.2 Å². The SMILES string of the molecule is CC.CCCC(=O)C(Cc1ccccc1)NC=O. The van der Waals surface area contributed by atoms with Gasteiger partial charge in [-0.25, -0.2) is 0 Å². The van der Waals surface area contributed by atoms with E-state index in [1.54, 1.807) is 0 Å². The van der Waals surface area contributed by atoms with Crippen molar-refractivity contribution in [3.05, 3.63) is 35.9 Å². The minimum absolute atomic E-state index is 0.0958. The van der Waals surface area contributed by atoms with Gasteiger partial charge in [0.25, 0.3) is 0 Å². The molecule has 1 atom stereocenters. The summed E-state index contributed by atoms with van der Waals surface area (Å²) in [5.41, 5.74) is 1.06. The van der Waals surface area contributed by atoms with Crippen molar-refractivity contribution in [2.45, 2.75) is 46.1 Å². The molecule has 0 aliphatic heterocycles. The Bertz CT molecular complexity index is 336. The quantitative estimate of drug-likeness (QED) is 0.755. The zero-order chi connectivity index (χ0) is 13.8. The van der Waals surface area contributed by atoms with Crippen LogP contribution in [0.25, 0.3) is 0 Å². The highest BCUT2D eigenvalue weighted by Gasteiger charge is 2.16. The van der Waals surface area contributed by atoms with Crippen LogP contribution in [0.2, 0.25) is 0 Å². The molecule has 0 fully saturated rings. The molecule has 0 spiro atoms. The maximum absolute atomic E-state index is 11.7. The van der Waals surface area contributed by atoms with Crippen molar-refractivity contribution < 1.29 is 9.59 Å². The third kappa shape index (κ3) is 6.18. The molecule has 0 aliphatic carbocycles. The second kappa shape index (κ2) is 10.5. The van der Waals surface area contributed by atoms with Crippen molar-refractivity contribution >= 4 is 12.2 Å². The standard InChI is InChI=1S/C13H17NO2.C2H6/c1-2-6-13(16)12(14-10-15)9-11-7-4-3-5-8-11;1-2/h3-5,7-8,10,12H,2,6,9H2,1H3,(H,14,15);1-2H3. The Morgan fingerprint density at radius 2 is 1.89 bits per heavy atom. The molecule has 0 saturated carbocycles. The van der Waals surface area contributed by atoms with E-state index in [0.29, 0.717) is 19.3 Å². The number of carbonyl (C=O) groups is 2. The number of nitrogens with one attached hydrogen (secondary N) is 1. The first-order chi connectivity index (χ1) is 8.77. The Labute approximate surface area is 110 Å². The fraction of sp³-hybridized carbons (Fsp3) is 0.467. The van der Waals surface area contributed by atoms with Gasteiger partial charge in [-0.05, 0) is 18.4 Å². The van der Waals surface area contributed by atoms with Gasteiger partial charge in [0.05, 0.1) is 6.04 Å². The number of Topliss-reactive ketones (excluding diaryl/α,β-unsaturated/α-hetero) is 1. The van der Waals surface area contributed by atoms with Crippen LogP contribution >= 0.6 is 0 Å². The zero-order valence-corrected chi connectivity index (χ0v) is 11.5. The highest BCUT2D eigenvalue weighted by Crippen LogP contribution is 2.06. The Hall–Kier alpha value is -1.64. The molecule has 0 aromatic heterocycles. The van der Waals surface area contributed by atoms with E-state index in [-0.39, 0.29) is 11.8 Å². The average molecular weight is 249 g/mol. The van der Waals surface area contributed by atoms with Crippen LogP contribution < -0.4 is 5.32 Å². The molecule has 3 nitrogen and oxygen atoms in total. The first-order valence-electron chi connectivity index (χ1n) is 6.54. The van der Waals surface area contributed by atoms with Crippen LogP contribution in [0.15, 0.2) is 30.3 Å². The molecule has 100 valence electrons. The molecule has 1 amide bonds. The molecule has 1 unspecified atom stereocenters. The lowest BCUT2D eigenvalue weighted by Crippen LogP contribution is -2.37. The third-order valence-electron chi connectivity index (χ3n) is 2.44. The lowest BCUT2D eigenvalue weighted by atomic mass is 10.00. The van der Waals surface area contributed by atoms with E-state index in [9.17, 15) is 9.59 Å². The predicted molar refractivity (Wildman–Crippen MR) is 74.4 cm³/mol. The van der Waals surface area contributed by atoms with Crippen molar-refractivity contribution in [2.24, 2.45) is 0 Å². The van der Waals surface area contributed by atoms with Gasteiger partial charge in [-0.2, -0.15) is 0 Å². The number of hydrogen-bond acceptors (Lipinski definition) is 2. The van der Waals surface area contributed by atoms with Crippen molar-refractivity contribution in [2.75, 3.05) is 0 Å². The predicted octanol–water partition coefficient (Wildman–Crippen LogP) is 2.74. The van der Waals surface area contributed by atoms with Gasteiger partial charge in [-0.3, -0.25) is 9.59 Å². The summed E-state index contributed by atoms with van der Waals surface area (Å²) in [4.78, 5) is 22.2. The summed E-state index contributed by atoms with van der Waals surface area (Å²) in [6, 6.07) is 9.31. The normalized spacial score (nSPS) is 10.8. The van der Waals surface area contributed by atoms with Gasteiger partial charge in [0.15, 0.2) is 5.78 Å². The minimum Gasteiger partial charge on any atom is -0.349 e. The molecule has 0 heterocycles. The van der Waals surface area contributed by atoms with Crippen molar-refractivity contribution in [1.29, 1.82) is 0 Å². The molecule has 0 bridgehead atoms. The molecule has 18 heavy (non-hydrogen) atoms. The molecule has 3 heteroatoms. The van der Waals surface area contributed by atoms with E-state index in [4.69, 9.17) is 0 Å². The van der Waals surface area contributed by atoms with Crippen molar-refractivity contribution in [3.8, 4) is 0 Å². The monoisotopic (exact) mass is 249 g/mol. The van der Waals surface area contributed by atoms with E-state index in [1.807, 2.05) is 51.1 Å². The summed E-state index contributed by atoms with van der Waals surface area (Å²) >= 11 is 0. The molecule has 0 saturated heterocycles. The van der Waals surface area contributed by atoms with Crippen LogP contribution in [-0.2, 0) is 16.0 Å². The van der Waals surface area contributed by atoms with Crippen LogP contribution in [0, 0.1) is 0 Å². The molecule has 0 radical (unpaired) electrons. The molecular weight excluding hydrogens is 226 g/mol. The second-order valence-corrected chi connectivity index (χ2v) is 3.74. The Morgan fingerprint density at radius 3 is 2.39 bits per heavy atom. The first-order valence-corrected chi connectivity index (χ1v) is 6.54. The van der Waals surface area contributed by atoms with Gasteiger partial charge in [0.2, 0.25) is 6.41 Å². The maximum atomic E-state index is 11.7. The summed E-state index contributed by atoms with van der Waals surface area (Å²) in [6.45, 7) is 5.96. The highest BCUT2D eigenvalue weighted by molar-refractivity contribution is 5.85.